The summed E-state index contributed by atoms with van der Waals surface area (Å²) in [4.78, 5) is 0. The summed E-state index contributed by atoms with van der Waals surface area (Å²) in [5, 5.41) is 0. The Balaban J connectivity index is 3.69. The van der Waals surface area contributed by atoms with Crippen LogP contribution in [0.15, 0.2) is 17.9 Å². The van der Waals surface area contributed by atoms with Crippen molar-refractivity contribution in [3.63, 3.8) is 0 Å². The molecule has 0 radical (unpaired) electrons. The summed E-state index contributed by atoms with van der Waals surface area (Å²) in [6, 6.07) is 0. The molecule has 0 aromatic carbocycles. The molecule has 0 aromatic heterocycles. The quantitative estimate of drug-likeness (QED) is 0.453. The summed E-state index contributed by atoms with van der Waals surface area (Å²) in [6.07, 6.45) is 4.18. The first kappa shape index (κ1) is 9.43. The van der Waals surface area contributed by atoms with Gasteiger partial charge in [0.15, 0.2) is 0 Å². The fourth-order valence-electron chi connectivity index (χ4n) is 0.324. The van der Waals surface area contributed by atoms with Crippen molar-refractivity contribution in [3.8, 4) is 0 Å². The topological polar surface area (TPSA) is 43.4 Å². The van der Waals surface area contributed by atoms with Crippen LogP contribution in [0.4, 0.5) is 0 Å². The molecule has 0 saturated heterocycles. The summed E-state index contributed by atoms with van der Waals surface area (Å²) in [6.45, 7) is 1.85. The zero-order valence-corrected chi connectivity index (χ0v) is 6.81. The van der Waals surface area contributed by atoms with Crippen molar-refractivity contribution in [2.75, 3.05) is 12.9 Å². The molecular weight excluding hydrogens is 152 g/mol. The molecule has 0 aliphatic rings. The van der Waals surface area contributed by atoms with E-state index in [2.05, 4.69) is 9.91 Å². The van der Waals surface area contributed by atoms with Crippen molar-refractivity contribution in [1.82, 2.24) is 0 Å². The molecule has 0 amide bonds. The van der Waals surface area contributed by atoms with Crippen molar-refractivity contribution < 1.29 is 12.6 Å². The maximum atomic E-state index is 10.3. The fourth-order valence-corrected chi connectivity index (χ4v) is 0.639. The molecule has 0 rings (SSSR count). The van der Waals surface area contributed by atoms with Gasteiger partial charge in [0.1, 0.15) is 0 Å². The summed E-state index contributed by atoms with van der Waals surface area (Å²) in [7, 11) is -3.29. The minimum absolute atomic E-state index is 0.0587. The normalized spacial score (nSPS) is 10.2. The molecule has 0 unspecified atom stereocenters. The molecule has 0 aliphatic carbocycles. The summed E-state index contributed by atoms with van der Waals surface area (Å²) < 4.78 is 25.0. The van der Waals surface area contributed by atoms with E-state index in [4.69, 9.17) is 0 Å². The van der Waals surface area contributed by atoms with E-state index in [9.17, 15) is 8.42 Å². The molecule has 4 heteroatoms. The monoisotopic (exact) mass is 162 g/mol. The fraction of sp³-hybridized carbons (Fsp3) is 0.500. The predicted molar refractivity (Wildman–Crippen MR) is 39.1 cm³/mol. The molecule has 0 heterocycles. The molecule has 3 nitrogen and oxygen atoms in total. The number of hydrogen-bond donors (Lipinski definition) is 0. The Bertz CT molecular complexity index is 232. The zero-order valence-electron chi connectivity index (χ0n) is 5.99. The van der Waals surface area contributed by atoms with Crippen LogP contribution in [0.2, 0.25) is 0 Å². The van der Waals surface area contributed by atoms with E-state index in [1.807, 2.05) is 0 Å². The average molecular weight is 162 g/mol. The van der Waals surface area contributed by atoms with Crippen LogP contribution in [0.3, 0.4) is 0 Å². The van der Waals surface area contributed by atoms with Gasteiger partial charge in [-0.25, -0.2) is 0 Å². The van der Waals surface area contributed by atoms with E-state index in [-0.39, 0.29) is 6.61 Å². The van der Waals surface area contributed by atoms with Crippen molar-refractivity contribution in [3.05, 3.63) is 17.9 Å². The van der Waals surface area contributed by atoms with Crippen LogP contribution >= 0.6 is 0 Å². The van der Waals surface area contributed by atoms with Gasteiger partial charge in [0.25, 0.3) is 10.1 Å². The van der Waals surface area contributed by atoms with Gasteiger partial charge in [-0.05, 0) is 19.1 Å². The Kier molecular flexibility index (Phi) is 4.03. The van der Waals surface area contributed by atoms with Gasteiger partial charge in [-0.15, -0.1) is 5.73 Å². The van der Waals surface area contributed by atoms with Gasteiger partial charge >= 0.3 is 0 Å². The lowest BCUT2D eigenvalue weighted by Crippen LogP contribution is -2.01. The van der Waals surface area contributed by atoms with E-state index in [1.54, 1.807) is 13.0 Å². The molecule has 0 aromatic rings. The first-order chi connectivity index (χ1) is 4.56. The third-order valence-electron chi connectivity index (χ3n) is 0.650. The molecule has 0 bridgehead atoms. The maximum absolute atomic E-state index is 10.3. The summed E-state index contributed by atoms with van der Waals surface area (Å²) in [5.74, 6) is 0. The molecule has 10 heavy (non-hydrogen) atoms. The van der Waals surface area contributed by atoms with Crippen molar-refractivity contribution >= 4 is 10.1 Å². The highest BCUT2D eigenvalue weighted by molar-refractivity contribution is 7.85. The van der Waals surface area contributed by atoms with Crippen LogP contribution < -0.4 is 0 Å². The van der Waals surface area contributed by atoms with Crippen LogP contribution in [0, 0.1) is 0 Å². The third kappa shape index (κ3) is 7.43. The lowest BCUT2D eigenvalue weighted by Gasteiger charge is -1.91. The first-order valence-corrected chi connectivity index (χ1v) is 4.58. The standard InChI is InChI=1S/C6H10O3S/c1-3-4-5-6-9-10(2,7)8/h3,5H,6H2,1-2H3. The van der Waals surface area contributed by atoms with E-state index < -0.39 is 10.1 Å². The summed E-state index contributed by atoms with van der Waals surface area (Å²) in [5.41, 5.74) is 2.68. The third-order valence-corrected chi connectivity index (χ3v) is 1.21. The maximum Gasteiger partial charge on any atom is 0.264 e. The van der Waals surface area contributed by atoms with Gasteiger partial charge in [0, 0.05) is 0 Å². The number of hydrogen-bond acceptors (Lipinski definition) is 3. The molecule has 0 aliphatic heterocycles. The summed E-state index contributed by atoms with van der Waals surface area (Å²) >= 11 is 0. The second-order valence-electron chi connectivity index (χ2n) is 1.65. The van der Waals surface area contributed by atoms with E-state index in [1.165, 1.54) is 6.08 Å². The molecule has 0 saturated carbocycles. The van der Waals surface area contributed by atoms with Crippen LogP contribution in [-0.4, -0.2) is 21.3 Å². The van der Waals surface area contributed by atoms with Crippen LogP contribution in [-0.2, 0) is 14.3 Å². The second kappa shape index (κ2) is 4.28. The first-order valence-electron chi connectivity index (χ1n) is 2.76. The van der Waals surface area contributed by atoms with Gasteiger partial charge in [-0.3, -0.25) is 4.18 Å². The minimum atomic E-state index is -3.29. The SMILES string of the molecule is CC=C=CCOS(C)(=O)=O. The molecule has 0 N–H and O–H groups in total. The predicted octanol–water partition coefficient (Wildman–Crippen LogP) is 0.694. The Morgan fingerprint density at radius 1 is 1.60 bits per heavy atom. The average Bonchev–Trinajstić information content (AvgIpc) is 1.78. The second-order valence-corrected chi connectivity index (χ2v) is 3.29. The van der Waals surface area contributed by atoms with E-state index in [0.29, 0.717) is 0 Å². The Labute approximate surface area is 61.1 Å². The van der Waals surface area contributed by atoms with Gasteiger partial charge in [-0.2, -0.15) is 8.42 Å². The van der Waals surface area contributed by atoms with Crippen LogP contribution in [0.1, 0.15) is 6.92 Å². The van der Waals surface area contributed by atoms with Gasteiger partial charge in [-0.1, -0.05) is 0 Å². The minimum Gasteiger partial charge on any atom is -0.265 e. The lowest BCUT2D eigenvalue weighted by atomic mass is 10.6. The van der Waals surface area contributed by atoms with Gasteiger partial charge in [0.05, 0.1) is 12.9 Å². The zero-order chi connectivity index (χ0) is 8.04. The molecule has 58 valence electrons. The number of rotatable bonds is 3. The molecule has 0 fully saturated rings. The van der Waals surface area contributed by atoms with E-state index in [0.717, 1.165) is 6.26 Å². The van der Waals surface area contributed by atoms with Gasteiger partial charge < -0.3 is 0 Å². The van der Waals surface area contributed by atoms with Crippen molar-refractivity contribution in [2.45, 2.75) is 6.92 Å². The molecular formula is C6H10O3S. The Morgan fingerprint density at radius 2 is 2.20 bits per heavy atom. The Hall–Kier alpha value is -0.570. The Morgan fingerprint density at radius 3 is 2.60 bits per heavy atom. The van der Waals surface area contributed by atoms with E-state index >= 15 is 0 Å². The highest BCUT2D eigenvalue weighted by atomic mass is 32.2. The molecule has 0 spiro atoms. The lowest BCUT2D eigenvalue weighted by molar-refractivity contribution is 0.362. The largest absolute Gasteiger partial charge is 0.265 e. The smallest absolute Gasteiger partial charge is 0.264 e. The van der Waals surface area contributed by atoms with Gasteiger partial charge in [0.2, 0.25) is 0 Å². The van der Waals surface area contributed by atoms with Crippen LogP contribution in [0.5, 0.6) is 0 Å². The molecule has 0 atom stereocenters. The van der Waals surface area contributed by atoms with Crippen molar-refractivity contribution in [1.29, 1.82) is 0 Å². The van der Waals surface area contributed by atoms with Crippen molar-refractivity contribution in [2.24, 2.45) is 0 Å². The van der Waals surface area contributed by atoms with Crippen LogP contribution in [0.25, 0.3) is 0 Å². The highest BCUT2D eigenvalue weighted by Gasteiger charge is 1.96. The highest BCUT2D eigenvalue weighted by Crippen LogP contribution is 1.85.